The van der Waals surface area contributed by atoms with Crippen molar-refractivity contribution in [1.82, 2.24) is 4.90 Å². The molecule has 6 nitrogen and oxygen atoms in total. The highest BCUT2D eigenvalue weighted by molar-refractivity contribution is 5.98. The average Bonchev–Trinajstić information content (AvgIpc) is 2.77. The Morgan fingerprint density at radius 2 is 1.71 bits per heavy atom. The van der Waals surface area contributed by atoms with Gasteiger partial charge in [-0.2, -0.15) is 0 Å². The summed E-state index contributed by atoms with van der Waals surface area (Å²) >= 11 is 0. The monoisotopic (exact) mass is 434 g/mol. The lowest BCUT2D eigenvalue weighted by Gasteiger charge is -2.20. The van der Waals surface area contributed by atoms with Gasteiger partial charge in [-0.15, -0.1) is 0 Å². The first-order chi connectivity index (χ1) is 14.8. The molecule has 9 heteroatoms. The summed E-state index contributed by atoms with van der Waals surface area (Å²) in [7, 11) is 1.27. The second kappa shape index (κ2) is 11.0. The number of nitrogens with one attached hydrogen (secondary N) is 1. The quantitative estimate of drug-likeness (QED) is 0.390. The number of methoxy groups -OCH3 is 1. The van der Waals surface area contributed by atoms with Gasteiger partial charge >= 0.3 is 5.97 Å². The number of carbonyl (C=O) groups excluding carboxylic acids is 3. The SMILES string of the molecule is CCCN(CC(=O)Nc1ccc(F)c(F)c1F)C(=O)/C=C/c1ccc(C(=O)OC)cc1. The van der Waals surface area contributed by atoms with E-state index in [4.69, 9.17) is 0 Å². The number of hydrogen-bond donors (Lipinski definition) is 1. The van der Waals surface area contributed by atoms with Gasteiger partial charge in [-0.25, -0.2) is 18.0 Å². The smallest absolute Gasteiger partial charge is 0.337 e. The summed E-state index contributed by atoms with van der Waals surface area (Å²) in [5.41, 5.74) is 0.486. The molecule has 0 saturated carbocycles. The molecule has 2 amide bonds. The Bertz CT molecular complexity index is 991. The normalized spacial score (nSPS) is 10.7. The Morgan fingerprint density at radius 3 is 2.32 bits per heavy atom. The van der Waals surface area contributed by atoms with E-state index < -0.39 is 47.5 Å². The molecule has 31 heavy (non-hydrogen) atoms. The van der Waals surface area contributed by atoms with Gasteiger partial charge in [0.25, 0.3) is 0 Å². The highest BCUT2D eigenvalue weighted by atomic mass is 19.2. The first-order valence-electron chi connectivity index (χ1n) is 9.35. The van der Waals surface area contributed by atoms with Crippen LogP contribution in [0.4, 0.5) is 18.9 Å². The molecule has 2 aromatic rings. The van der Waals surface area contributed by atoms with Crippen LogP contribution in [0.3, 0.4) is 0 Å². The van der Waals surface area contributed by atoms with Gasteiger partial charge in [0, 0.05) is 12.6 Å². The van der Waals surface area contributed by atoms with E-state index in [-0.39, 0.29) is 6.54 Å². The van der Waals surface area contributed by atoms with Crippen LogP contribution in [0.1, 0.15) is 29.3 Å². The fourth-order valence-corrected chi connectivity index (χ4v) is 2.64. The van der Waals surface area contributed by atoms with Crippen LogP contribution in [-0.2, 0) is 14.3 Å². The highest BCUT2D eigenvalue weighted by Gasteiger charge is 2.18. The lowest BCUT2D eigenvalue weighted by molar-refractivity contribution is -0.130. The molecule has 2 aromatic carbocycles. The summed E-state index contributed by atoms with van der Waals surface area (Å²) < 4.78 is 44.6. The van der Waals surface area contributed by atoms with Gasteiger partial charge in [0.2, 0.25) is 11.8 Å². The van der Waals surface area contributed by atoms with E-state index in [9.17, 15) is 27.6 Å². The largest absolute Gasteiger partial charge is 0.465 e. The molecule has 0 heterocycles. The molecular formula is C22H21F3N2O4. The van der Waals surface area contributed by atoms with Crippen molar-refractivity contribution in [3.05, 3.63) is 71.1 Å². The number of amides is 2. The molecule has 0 aliphatic carbocycles. The molecule has 0 fully saturated rings. The molecule has 0 spiro atoms. The summed E-state index contributed by atoms with van der Waals surface area (Å²) in [5.74, 6) is -6.30. The number of carbonyl (C=O) groups is 3. The fourth-order valence-electron chi connectivity index (χ4n) is 2.64. The third kappa shape index (κ3) is 6.43. The molecule has 0 radical (unpaired) electrons. The summed E-state index contributed by atoms with van der Waals surface area (Å²) in [5, 5.41) is 2.14. The molecule has 0 unspecified atom stereocenters. The summed E-state index contributed by atoms with van der Waals surface area (Å²) in [6.07, 6.45) is 3.33. The molecule has 0 atom stereocenters. The Hall–Kier alpha value is -3.62. The van der Waals surface area contributed by atoms with Gasteiger partial charge in [-0.05, 0) is 42.3 Å². The predicted octanol–water partition coefficient (Wildman–Crippen LogP) is 3.78. The zero-order valence-corrected chi connectivity index (χ0v) is 17.0. The van der Waals surface area contributed by atoms with E-state index in [1.165, 1.54) is 24.2 Å². The maximum atomic E-state index is 13.7. The average molecular weight is 434 g/mol. The third-order valence-electron chi connectivity index (χ3n) is 4.20. The summed E-state index contributed by atoms with van der Waals surface area (Å²) in [6.45, 7) is 1.65. The minimum atomic E-state index is -1.69. The van der Waals surface area contributed by atoms with E-state index in [1.807, 2.05) is 6.92 Å². The van der Waals surface area contributed by atoms with Crippen LogP contribution >= 0.6 is 0 Å². The van der Waals surface area contributed by atoms with Crippen LogP contribution in [0.15, 0.2) is 42.5 Å². The van der Waals surface area contributed by atoms with E-state index in [1.54, 1.807) is 24.3 Å². The van der Waals surface area contributed by atoms with Gasteiger partial charge in [0.15, 0.2) is 17.5 Å². The number of esters is 1. The minimum Gasteiger partial charge on any atom is -0.465 e. The van der Waals surface area contributed by atoms with Crippen molar-refractivity contribution >= 4 is 29.5 Å². The lowest BCUT2D eigenvalue weighted by atomic mass is 10.1. The van der Waals surface area contributed by atoms with Crippen molar-refractivity contribution in [3.8, 4) is 0 Å². The highest BCUT2D eigenvalue weighted by Crippen LogP contribution is 2.19. The van der Waals surface area contributed by atoms with Gasteiger partial charge in [0.05, 0.1) is 18.4 Å². The van der Waals surface area contributed by atoms with E-state index in [0.717, 1.165) is 6.07 Å². The zero-order valence-electron chi connectivity index (χ0n) is 17.0. The fraction of sp³-hybridized carbons (Fsp3) is 0.227. The van der Waals surface area contributed by atoms with Crippen LogP contribution in [0.25, 0.3) is 6.08 Å². The van der Waals surface area contributed by atoms with Crippen LogP contribution in [-0.4, -0.2) is 42.9 Å². The first-order valence-corrected chi connectivity index (χ1v) is 9.35. The number of rotatable bonds is 8. The number of ether oxygens (including phenoxy) is 1. The van der Waals surface area contributed by atoms with Gasteiger partial charge in [-0.1, -0.05) is 19.1 Å². The first kappa shape index (κ1) is 23.7. The Balaban J connectivity index is 2.04. The van der Waals surface area contributed by atoms with Crippen molar-refractivity contribution in [2.45, 2.75) is 13.3 Å². The third-order valence-corrected chi connectivity index (χ3v) is 4.20. The van der Waals surface area contributed by atoms with Crippen LogP contribution < -0.4 is 5.32 Å². The van der Waals surface area contributed by atoms with Crippen molar-refractivity contribution in [2.24, 2.45) is 0 Å². The van der Waals surface area contributed by atoms with E-state index in [2.05, 4.69) is 10.1 Å². The van der Waals surface area contributed by atoms with Crippen LogP contribution in [0, 0.1) is 17.5 Å². The molecule has 0 bridgehead atoms. The predicted molar refractivity (Wildman–Crippen MR) is 109 cm³/mol. The van der Waals surface area contributed by atoms with Gasteiger partial charge in [-0.3, -0.25) is 9.59 Å². The maximum absolute atomic E-state index is 13.7. The molecule has 2 rings (SSSR count). The van der Waals surface area contributed by atoms with Crippen LogP contribution in [0.2, 0.25) is 0 Å². The topological polar surface area (TPSA) is 75.7 Å². The second-order valence-electron chi connectivity index (χ2n) is 6.48. The van der Waals surface area contributed by atoms with Crippen molar-refractivity contribution < 1.29 is 32.3 Å². The summed E-state index contributed by atoms with van der Waals surface area (Å²) in [6, 6.07) is 7.93. The maximum Gasteiger partial charge on any atom is 0.337 e. The van der Waals surface area contributed by atoms with Crippen molar-refractivity contribution in [3.63, 3.8) is 0 Å². The number of hydrogen-bond acceptors (Lipinski definition) is 4. The molecule has 0 aliphatic rings. The standard InChI is InChI=1S/C22H21F3N2O4/c1-3-12-27(13-18(28)26-17-10-9-16(23)20(24)21(17)25)19(29)11-6-14-4-7-15(8-5-14)22(30)31-2/h4-11H,3,12-13H2,1-2H3,(H,26,28)/b11-6+. The number of nitrogens with zero attached hydrogens (tertiary/aromatic N) is 1. The number of halogens is 3. The van der Waals surface area contributed by atoms with Gasteiger partial charge in [0.1, 0.15) is 6.54 Å². The Morgan fingerprint density at radius 1 is 1.03 bits per heavy atom. The molecule has 164 valence electrons. The molecule has 1 N–H and O–H groups in total. The summed E-state index contributed by atoms with van der Waals surface area (Å²) in [4.78, 5) is 37.4. The molecular weight excluding hydrogens is 413 g/mol. The number of benzene rings is 2. The zero-order chi connectivity index (χ0) is 23.0. The van der Waals surface area contributed by atoms with Crippen molar-refractivity contribution in [2.75, 3.05) is 25.5 Å². The number of anilines is 1. The molecule has 0 saturated heterocycles. The minimum absolute atomic E-state index is 0.248. The Labute approximate surface area is 177 Å². The van der Waals surface area contributed by atoms with E-state index in [0.29, 0.717) is 23.6 Å². The lowest BCUT2D eigenvalue weighted by Crippen LogP contribution is -2.37. The van der Waals surface area contributed by atoms with Gasteiger partial charge < -0.3 is 15.0 Å². The second-order valence-corrected chi connectivity index (χ2v) is 6.48. The van der Waals surface area contributed by atoms with Crippen LogP contribution in [0.5, 0.6) is 0 Å². The van der Waals surface area contributed by atoms with Crippen molar-refractivity contribution in [1.29, 1.82) is 0 Å². The molecule has 0 aromatic heterocycles. The Kier molecular flexibility index (Phi) is 8.36. The van der Waals surface area contributed by atoms with E-state index >= 15 is 0 Å². The molecule has 0 aliphatic heterocycles.